The SMILES string of the molecule is CCCC(=O)N(CCC(=O)OC)Cc1ccc(OC)cc1. The molecule has 21 heavy (non-hydrogen) atoms. The molecule has 1 rings (SSSR count). The Labute approximate surface area is 125 Å². The minimum Gasteiger partial charge on any atom is -0.497 e. The summed E-state index contributed by atoms with van der Waals surface area (Å²) in [6.45, 7) is 2.82. The molecule has 0 bridgehead atoms. The molecule has 1 amide bonds. The van der Waals surface area contributed by atoms with E-state index in [4.69, 9.17) is 4.74 Å². The molecule has 0 fully saturated rings. The molecule has 0 heterocycles. The van der Waals surface area contributed by atoms with Crippen LogP contribution in [0.5, 0.6) is 5.75 Å². The predicted molar refractivity (Wildman–Crippen MR) is 80.0 cm³/mol. The second-order valence-corrected chi connectivity index (χ2v) is 4.74. The van der Waals surface area contributed by atoms with Crippen LogP contribution in [-0.4, -0.2) is 37.5 Å². The molecule has 0 spiro atoms. The van der Waals surface area contributed by atoms with Gasteiger partial charge in [0.05, 0.1) is 20.6 Å². The Kier molecular flexibility index (Phi) is 7.29. The molecular formula is C16H23NO4. The molecule has 0 saturated carbocycles. The van der Waals surface area contributed by atoms with E-state index < -0.39 is 0 Å². The van der Waals surface area contributed by atoms with Gasteiger partial charge in [-0.3, -0.25) is 9.59 Å². The van der Waals surface area contributed by atoms with Crippen LogP contribution in [0.2, 0.25) is 0 Å². The zero-order chi connectivity index (χ0) is 15.7. The van der Waals surface area contributed by atoms with Crippen molar-refractivity contribution < 1.29 is 19.1 Å². The highest BCUT2D eigenvalue weighted by atomic mass is 16.5. The van der Waals surface area contributed by atoms with Gasteiger partial charge in [-0.2, -0.15) is 0 Å². The number of carbonyl (C=O) groups is 2. The molecular weight excluding hydrogens is 270 g/mol. The molecule has 5 heteroatoms. The lowest BCUT2D eigenvalue weighted by molar-refractivity contribution is -0.142. The molecule has 0 radical (unpaired) electrons. The highest BCUT2D eigenvalue weighted by molar-refractivity contribution is 5.77. The molecule has 5 nitrogen and oxygen atoms in total. The van der Waals surface area contributed by atoms with Gasteiger partial charge in [0.2, 0.25) is 5.91 Å². The van der Waals surface area contributed by atoms with Gasteiger partial charge in [-0.05, 0) is 24.1 Å². The highest BCUT2D eigenvalue weighted by Gasteiger charge is 2.15. The summed E-state index contributed by atoms with van der Waals surface area (Å²) >= 11 is 0. The second kappa shape index (κ2) is 9.00. The van der Waals surface area contributed by atoms with Gasteiger partial charge < -0.3 is 14.4 Å². The van der Waals surface area contributed by atoms with E-state index >= 15 is 0 Å². The van der Waals surface area contributed by atoms with Crippen LogP contribution < -0.4 is 4.74 Å². The lowest BCUT2D eigenvalue weighted by Gasteiger charge is -2.22. The van der Waals surface area contributed by atoms with Crippen LogP contribution in [-0.2, 0) is 20.9 Å². The average Bonchev–Trinajstić information content (AvgIpc) is 2.51. The summed E-state index contributed by atoms with van der Waals surface area (Å²) in [5.74, 6) is 0.524. The van der Waals surface area contributed by atoms with Crippen LogP contribution in [0.4, 0.5) is 0 Å². The van der Waals surface area contributed by atoms with E-state index in [0.717, 1.165) is 17.7 Å². The standard InChI is InChI=1S/C16H23NO4/c1-4-5-15(18)17(11-10-16(19)21-3)12-13-6-8-14(20-2)9-7-13/h6-9H,4-5,10-12H2,1-3H3. The molecule has 0 saturated heterocycles. The first-order chi connectivity index (χ1) is 10.1. The molecule has 0 aliphatic rings. The van der Waals surface area contributed by atoms with Crippen LogP contribution in [0.1, 0.15) is 31.7 Å². The summed E-state index contributed by atoms with van der Waals surface area (Å²) < 4.78 is 9.74. The molecule has 0 aliphatic heterocycles. The molecule has 0 N–H and O–H groups in total. The topological polar surface area (TPSA) is 55.8 Å². The number of amides is 1. The van der Waals surface area contributed by atoms with Crippen molar-refractivity contribution in [1.82, 2.24) is 4.90 Å². The van der Waals surface area contributed by atoms with Gasteiger partial charge in [0, 0.05) is 19.5 Å². The Hall–Kier alpha value is -2.04. The fraction of sp³-hybridized carbons (Fsp3) is 0.500. The molecule has 1 aromatic carbocycles. The predicted octanol–water partition coefficient (Wildman–Crippen LogP) is 2.39. The average molecular weight is 293 g/mol. The quantitative estimate of drug-likeness (QED) is 0.691. The van der Waals surface area contributed by atoms with E-state index in [-0.39, 0.29) is 18.3 Å². The van der Waals surface area contributed by atoms with E-state index in [9.17, 15) is 9.59 Å². The third kappa shape index (κ3) is 5.85. The van der Waals surface area contributed by atoms with E-state index in [2.05, 4.69) is 4.74 Å². The van der Waals surface area contributed by atoms with Gasteiger partial charge in [0.1, 0.15) is 5.75 Å². The number of methoxy groups -OCH3 is 2. The summed E-state index contributed by atoms with van der Waals surface area (Å²) in [5.41, 5.74) is 1.00. The minimum atomic E-state index is -0.306. The summed E-state index contributed by atoms with van der Waals surface area (Å²) in [4.78, 5) is 25.1. The van der Waals surface area contributed by atoms with Crippen LogP contribution >= 0.6 is 0 Å². The Bertz CT molecular complexity index is 456. The Balaban J connectivity index is 2.70. The van der Waals surface area contributed by atoms with Crippen molar-refractivity contribution in [2.45, 2.75) is 32.7 Å². The fourth-order valence-electron chi connectivity index (χ4n) is 1.94. The van der Waals surface area contributed by atoms with E-state index in [0.29, 0.717) is 19.5 Å². The maximum atomic E-state index is 12.1. The van der Waals surface area contributed by atoms with Gasteiger partial charge in [-0.1, -0.05) is 19.1 Å². The van der Waals surface area contributed by atoms with Crippen molar-refractivity contribution in [2.24, 2.45) is 0 Å². The highest BCUT2D eigenvalue weighted by Crippen LogP contribution is 2.14. The lowest BCUT2D eigenvalue weighted by atomic mass is 10.2. The van der Waals surface area contributed by atoms with Crippen LogP contribution in [0, 0.1) is 0 Å². The molecule has 1 aromatic rings. The van der Waals surface area contributed by atoms with E-state index in [1.54, 1.807) is 12.0 Å². The maximum absolute atomic E-state index is 12.1. The summed E-state index contributed by atoms with van der Waals surface area (Å²) in [6, 6.07) is 7.56. The van der Waals surface area contributed by atoms with Gasteiger partial charge in [0.25, 0.3) is 0 Å². The Morgan fingerprint density at radius 1 is 1.10 bits per heavy atom. The van der Waals surface area contributed by atoms with Crippen LogP contribution in [0.3, 0.4) is 0 Å². The lowest BCUT2D eigenvalue weighted by Crippen LogP contribution is -2.32. The normalized spacial score (nSPS) is 10.0. The maximum Gasteiger partial charge on any atom is 0.307 e. The number of hydrogen-bond donors (Lipinski definition) is 0. The first kappa shape index (κ1) is 17.0. The van der Waals surface area contributed by atoms with Crippen LogP contribution in [0.25, 0.3) is 0 Å². The number of benzene rings is 1. The summed E-state index contributed by atoms with van der Waals surface area (Å²) in [5, 5.41) is 0. The number of rotatable bonds is 8. The van der Waals surface area contributed by atoms with E-state index in [1.165, 1.54) is 7.11 Å². The Morgan fingerprint density at radius 2 is 1.76 bits per heavy atom. The van der Waals surface area contributed by atoms with Crippen molar-refractivity contribution >= 4 is 11.9 Å². The molecule has 0 atom stereocenters. The molecule has 116 valence electrons. The van der Waals surface area contributed by atoms with Crippen LogP contribution in [0.15, 0.2) is 24.3 Å². The van der Waals surface area contributed by atoms with Crippen molar-refractivity contribution in [1.29, 1.82) is 0 Å². The van der Waals surface area contributed by atoms with Gasteiger partial charge in [-0.25, -0.2) is 0 Å². The fourth-order valence-corrected chi connectivity index (χ4v) is 1.94. The van der Waals surface area contributed by atoms with Crippen molar-refractivity contribution in [2.75, 3.05) is 20.8 Å². The molecule has 0 unspecified atom stereocenters. The molecule has 0 aliphatic carbocycles. The number of nitrogens with zero attached hydrogens (tertiary/aromatic N) is 1. The zero-order valence-electron chi connectivity index (χ0n) is 12.9. The van der Waals surface area contributed by atoms with Gasteiger partial charge in [0.15, 0.2) is 0 Å². The summed E-state index contributed by atoms with van der Waals surface area (Å²) in [6.07, 6.45) is 1.48. The van der Waals surface area contributed by atoms with Crippen molar-refractivity contribution in [3.63, 3.8) is 0 Å². The number of carbonyl (C=O) groups excluding carboxylic acids is 2. The smallest absolute Gasteiger partial charge is 0.307 e. The third-order valence-corrected chi connectivity index (χ3v) is 3.16. The Morgan fingerprint density at radius 3 is 2.29 bits per heavy atom. The molecule has 0 aromatic heterocycles. The minimum absolute atomic E-state index is 0.0530. The first-order valence-corrected chi connectivity index (χ1v) is 7.08. The van der Waals surface area contributed by atoms with Gasteiger partial charge in [-0.15, -0.1) is 0 Å². The van der Waals surface area contributed by atoms with Gasteiger partial charge >= 0.3 is 5.97 Å². The van der Waals surface area contributed by atoms with Crippen molar-refractivity contribution in [3.05, 3.63) is 29.8 Å². The first-order valence-electron chi connectivity index (χ1n) is 7.08. The number of ether oxygens (including phenoxy) is 2. The van der Waals surface area contributed by atoms with Crippen molar-refractivity contribution in [3.8, 4) is 5.75 Å². The monoisotopic (exact) mass is 293 g/mol. The zero-order valence-corrected chi connectivity index (χ0v) is 12.9. The number of hydrogen-bond acceptors (Lipinski definition) is 4. The third-order valence-electron chi connectivity index (χ3n) is 3.16. The number of esters is 1. The second-order valence-electron chi connectivity index (χ2n) is 4.74. The summed E-state index contributed by atoms with van der Waals surface area (Å²) in [7, 11) is 2.96. The largest absolute Gasteiger partial charge is 0.497 e. The van der Waals surface area contributed by atoms with E-state index in [1.807, 2.05) is 31.2 Å².